The normalized spacial score (nSPS) is 14.3. The van der Waals surface area contributed by atoms with Crippen LogP contribution in [0.4, 0.5) is 11.6 Å². The van der Waals surface area contributed by atoms with Gasteiger partial charge in [-0.25, -0.2) is 4.68 Å². The molecule has 1 aliphatic heterocycles. The number of nitrogens with zero attached hydrogens (tertiary/aromatic N) is 3. The number of carbonyl (C=O) groups excluding carboxylic acids is 1. The highest BCUT2D eigenvalue weighted by molar-refractivity contribution is 9.10. The Kier molecular flexibility index (Phi) is 9.23. The number of hydrogen-bond donors (Lipinski definition) is 2. The van der Waals surface area contributed by atoms with Crippen molar-refractivity contribution in [3.8, 4) is 11.5 Å². The average molecular weight is 649 g/mol. The summed E-state index contributed by atoms with van der Waals surface area (Å²) < 4.78 is 14.7. The van der Waals surface area contributed by atoms with Crippen molar-refractivity contribution in [1.29, 1.82) is 0 Å². The largest absolute Gasteiger partial charge is 0.493 e. The molecule has 1 aliphatic rings. The first kappa shape index (κ1) is 29.7. The van der Waals surface area contributed by atoms with E-state index < -0.39 is 6.04 Å². The van der Waals surface area contributed by atoms with Gasteiger partial charge in [-0.15, -0.1) is 5.10 Å². The fraction of sp³-hybridized carbons (Fsp3) is 0.281. The lowest BCUT2D eigenvalue weighted by Gasteiger charge is -2.29. The van der Waals surface area contributed by atoms with Gasteiger partial charge in [-0.2, -0.15) is 4.98 Å². The molecule has 0 bridgehead atoms. The van der Waals surface area contributed by atoms with Crippen LogP contribution in [0.2, 0.25) is 0 Å². The van der Waals surface area contributed by atoms with Crippen LogP contribution in [-0.4, -0.2) is 33.5 Å². The number of hydrogen-bond acceptors (Lipinski definition) is 7. The summed E-state index contributed by atoms with van der Waals surface area (Å²) in [5.74, 6) is 2.45. The number of halogens is 1. The molecule has 0 aliphatic carbocycles. The topological polar surface area (TPSA) is 90.3 Å². The summed E-state index contributed by atoms with van der Waals surface area (Å²) >= 11 is 5.10. The first-order valence-corrected chi connectivity index (χ1v) is 15.6. The molecule has 0 spiro atoms. The number of aromatic nitrogens is 3. The molecule has 4 aromatic rings. The second-order valence-electron chi connectivity index (χ2n) is 10.2. The van der Waals surface area contributed by atoms with E-state index in [1.54, 1.807) is 23.6 Å². The van der Waals surface area contributed by atoms with Crippen molar-refractivity contribution in [2.45, 2.75) is 51.9 Å². The van der Waals surface area contributed by atoms with E-state index in [2.05, 4.69) is 39.6 Å². The third-order valence-corrected chi connectivity index (χ3v) is 8.47. The molecule has 0 radical (unpaired) electrons. The summed E-state index contributed by atoms with van der Waals surface area (Å²) in [6.07, 6.45) is 1.00. The molecular weight excluding hydrogens is 614 g/mol. The van der Waals surface area contributed by atoms with E-state index in [-0.39, 0.29) is 5.91 Å². The van der Waals surface area contributed by atoms with E-state index in [0.717, 1.165) is 44.6 Å². The van der Waals surface area contributed by atoms with Crippen LogP contribution in [0.1, 0.15) is 48.6 Å². The van der Waals surface area contributed by atoms with Crippen LogP contribution < -0.4 is 20.1 Å². The molecule has 0 saturated carbocycles. The summed E-state index contributed by atoms with van der Waals surface area (Å²) in [7, 11) is 1.61. The third-order valence-electron chi connectivity index (χ3n) is 6.93. The van der Waals surface area contributed by atoms with Crippen LogP contribution in [0.25, 0.3) is 0 Å². The Hall–Kier alpha value is -3.76. The number of anilines is 2. The lowest BCUT2D eigenvalue weighted by molar-refractivity contribution is -0.113. The minimum Gasteiger partial charge on any atom is -0.493 e. The summed E-state index contributed by atoms with van der Waals surface area (Å²) in [4.78, 5) is 18.7. The average Bonchev–Trinajstić information content (AvgIpc) is 3.37. The molecule has 42 heavy (non-hydrogen) atoms. The molecule has 218 valence electrons. The van der Waals surface area contributed by atoms with Gasteiger partial charge in [-0.05, 0) is 74.2 Å². The molecule has 5 rings (SSSR count). The Labute approximate surface area is 259 Å². The highest BCUT2D eigenvalue weighted by atomic mass is 79.9. The second-order valence-corrected chi connectivity index (χ2v) is 12.2. The predicted octanol–water partition coefficient (Wildman–Crippen LogP) is 7.67. The van der Waals surface area contributed by atoms with Crippen molar-refractivity contribution >= 4 is 45.2 Å². The summed E-state index contributed by atoms with van der Waals surface area (Å²) in [5, 5.41) is 11.9. The summed E-state index contributed by atoms with van der Waals surface area (Å²) in [5.41, 5.74) is 6.01. The molecule has 0 saturated heterocycles. The predicted molar refractivity (Wildman–Crippen MR) is 172 cm³/mol. The van der Waals surface area contributed by atoms with Crippen LogP contribution in [-0.2, 0) is 11.4 Å². The minimum absolute atomic E-state index is 0.213. The monoisotopic (exact) mass is 647 g/mol. The Morgan fingerprint density at radius 2 is 1.93 bits per heavy atom. The Bertz CT molecular complexity index is 1650. The van der Waals surface area contributed by atoms with Crippen molar-refractivity contribution in [3.63, 3.8) is 0 Å². The van der Waals surface area contributed by atoms with Gasteiger partial charge in [0.05, 0.1) is 12.7 Å². The number of ether oxygens (including phenoxy) is 2. The van der Waals surface area contributed by atoms with Crippen LogP contribution in [0.5, 0.6) is 11.5 Å². The van der Waals surface area contributed by atoms with Crippen molar-refractivity contribution < 1.29 is 14.3 Å². The summed E-state index contributed by atoms with van der Waals surface area (Å²) in [6, 6.07) is 19.2. The maximum Gasteiger partial charge on any atom is 0.255 e. The number of rotatable bonds is 10. The number of thioether (sulfide) groups is 1. The molecule has 0 fully saturated rings. The SMILES string of the molecule is CCCSc1nc2n(n1)C(c1ccc(OCc3cccc(Br)c3)c(OC)c1)C(C(=O)Nc1ccc(C)cc1C)=C(C)N2. The highest BCUT2D eigenvalue weighted by Gasteiger charge is 2.35. The van der Waals surface area contributed by atoms with Crippen molar-refractivity contribution in [1.82, 2.24) is 14.8 Å². The van der Waals surface area contributed by atoms with Crippen LogP contribution in [0, 0.1) is 13.8 Å². The molecule has 2 N–H and O–H groups in total. The van der Waals surface area contributed by atoms with Gasteiger partial charge in [0.2, 0.25) is 11.1 Å². The smallest absolute Gasteiger partial charge is 0.255 e. The van der Waals surface area contributed by atoms with Crippen LogP contribution in [0.3, 0.4) is 0 Å². The van der Waals surface area contributed by atoms with Gasteiger partial charge in [0.15, 0.2) is 11.5 Å². The molecule has 1 unspecified atom stereocenters. The maximum atomic E-state index is 14.0. The lowest BCUT2D eigenvalue weighted by atomic mass is 9.94. The first-order valence-electron chi connectivity index (χ1n) is 13.8. The fourth-order valence-electron chi connectivity index (χ4n) is 4.89. The number of aryl methyl sites for hydroxylation is 2. The van der Waals surface area contributed by atoms with Gasteiger partial charge < -0.3 is 20.1 Å². The quantitative estimate of drug-likeness (QED) is 0.171. The summed E-state index contributed by atoms with van der Waals surface area (Å²) in [6.45, 7) is 8.43. The standard InChI is InChI=1S/C32H34BrN5O3S/c1-6-14-42-32-36-31-34-21(4)28(30(39)35-25-12-10-19(2)15-20(25)3)29(38(31)37-32)23-11-13-26(27(17-23)40-5)41-18-22-8-7-9-24(33)16-22/h7-13,15-17,29H,6,14,18H2,1-5H3,(H,35,39)(H,34,36,37). The van der Waals surface area contributed by atoms with E-state index in [9.17, 15) is 4.79 Å². The van der Waals surface area contributed by atoms with E-state index in [1.165, 1.54) is 0 Å². The molecule has 1 atom stereocenters. The second kappa shape index (κ2) is 13.0. The lowest BCUT2D eigenvalue weighted by Crippen LogP contribution is -2.31. The fourth-order valence-corrected chi connectivity index (χ4v) is 6.02. The maximum absolute atomic E-state index is 14.0. The zero-order valence-electron chi connectivity index (χ0n) is 24.3. The first-order chi connectivity index (χ1) is 20.3. The van der Waals surface area contributed by atoms with E-state index >= 15 is 0 Å². The van der Waals surface area contributed by atoms with E-state index in [4.69, 9.17) is 19.6 Å². The zero-order chi connectivity index (χ0) is 29.8. The Morgan fingerprint density at radius 1 is 1.10 bits per heavy atom. The Morgan fingerprint density at radius 3 is 2.67 bits per heavy atom. The van der Waals surface area contributed by atoms with Crippen molar-refractivity contribution in [3.05, 3.63) is 98.7 Å². The minimum atomic E-state index is -0.538. The Balaban J connectivity index is 1.52. The molecule has 3 aromatic carbocycles. The van der Waals surface area contributed by atoms with Gasteiger partial charge in [0, 0.05) is 21.6 Å². The van der Waals surface area contributed by atoms with Gasteiger partial charge >= 0.3 is 0 Å². The molecule has 2 heterocycles. The van der Waals surface area contributed by atoms with Gasteiger partial charge in [-0.3, -0.25) is 4.79 Å². The molecule has 10 heteroatoms. The molecular formula is C32H34BrN5O3S. The van der Waals surface area contributed by atoms with Gasteiger partial charge in [-0.1, -0.05) is 70.5 Å². The van der Waals surface area contributed by atoms with Crippen molar-refractivity contribution in [2.24, 2.45) is 0 Å². The number of benzene rings is 3. The molecule has 8 nitrogen and oxygen atoms in total. The number of carbonyl (C=O) groups is 1. The van der Waals surface area contributed by atoms with E-state index in [0.29, 0.717) is 40.5 Å². The number of nitrogens with one attached hydrogen (secondary N) is 2. The van der Waals surface area contributed by atoms with Gasteiger partial charge in [0.1, 0.15) is 12.6 Å². The third kappa shape index (κ3) is 6.50. The van der Waals surface area contributed by atoms with Crippen molar-refractivity contribution in [2.75, 3.05) is 23.5 Å². The van der Waals surface area contributed by atoms with Gasteiger partial charge in [0.25, 0.3) is 5.91 Å². The number of amides is 1. The van der Waals surface area contributed by atoms with E-state index in [1.807, 2.05) is 75.4 Å². The van der Waals surface area contributed by atoms with Crippen LogP contribution >= 0.6 is 27.7 Å². The van der Waals surface area contributed by atoms with Crippen LogP contribution in [0.15, 0.2) is 81.6 Å². The zero-order valence-corrected chi connectivity index (χ0v) is 26.7. The molecule has 1 amide bonds. The number of allylic oxidation sites excluding steroid dienone is 1. The number of methoxy groups -OCH3 is 1. The molecule has 1 aromatic heterocycles. The number of fused-ring (bicyclic) bond motifs is 1. The highest BCUT2D eigenvalue weighted by Crippen LogP contribution is 2.40.